The van der Waals surface area contributed by atoms with Gasteiger partial charge in [-0.2, -0.15) is 5.10 Å². The third-order valence-corrected chi connectivity index (χ3v) is 3.12. The van der Waals surface area contributed by atoms with Crippen LogP contribution in [0.4, 0.5) is 5.69 Å². The van der Waals surface area contributed by atoms with Crippen molar-refractivity contribution in [2.45, 2.75) is 13.0 Å². The number of benzene rings is 1. The van der Waals surface area contributed by atoms with Crippen molar-refractivity contribution >= 4 is 11.6 Å². The first-order valence-electron chi connectivity index (χ1n) is 6.42. The SMILES string of the molecule is COc1cccc(NC(=O)c2cnn3c2OCCC3)c1. The van der Waals surface area contributed by atoms with Crippen LogP contribution in [0.2, 0.25) is 0 Å². The first kappa shape index (κ1) is 12.5. The van der Waals surface area contributed by atoms with Gasteiger partial charge in [0.15, 0.2) is 0 Å². The summed E-state index contributed by atoms with van der Waals surface area (Å²) in [7, 11) is 1.59. The van der Waals surface area contributed by atoms with E-state index in [9.17, 15) is 4.79 Å². The van der Waals surface area contributed by atoms with Gasteiger partial charge in [0.25, 0.3) is 5.91 Å². The third kappa shape index (κ3) is 2.32. The quantitative estimate of drug-likeness (QED) is 0.928. The molecule has 0 bridgehead atoms. The lowest BCUT2D eigenvalue weighted by molar-refractivity contribution is 0.102. The Kier molecular flexibility index (Phi) is 3.28. The van der Waals surface area contributed by atoms with Gasteiger partial charge < -0.3 is 14.8 Å². The topological polar surface area (TPSA) is 65.4 Å². The van der Waals surface area contributed by atoms with Gasteiger partial charge in [-0.3, -0.25) is 4.79 Å². The van der Waals surface area contributed by atoms with Crippen LogP contribution >= 0.6 is 0 Å². The summed E-state index contributed by atoms with van der Waals surface area (Å²) in [5.41, 5.74) is 1.12. The van der Waals surface area contributed by atoms with Crippen molar-refractivity contribution in [3.63, 3.8) is 0 Å². The molecular formula is C14H15N3O3. The molecule has 1 aromatic carbocycles. The molecule has 2 aromatic rings. The van der Waals surface area contributed by atoms with E-state index >= 15 is 0 Å². The second kappa shape index (κ2) is 5.24. The van der Waals surface area contributed by atoms with Gasteiger partial charge in [-0.15, -0.1) is 0 Å². The second-order valence-corrected chi connectivity index (χ2v) is 4.47. The fraction of sp³-hybridized carbons (Fsp3) is 0.286. The van der Waals surface area contributed by atoms with E-state index in [1.165, 1.54) is 6.20 Å². The molecule has 1 aliphatic heterocycles. The van der Waals surface area contributed by atoms with E-state index in [2.05, 4.69) is 10.4 Å². The number of aromatic nitrogens is 2. The van der Waals surface area contributed by atoms with Crippen LogP contribution in [0.25, 0.3) is 0 Å². The standard InChI is InChI=1S/C14H15N3O3/c1-19-11-5-2-4-10(8-11)16-13(18)12-9-15-17-6-3-7-20-14(12)17/h2,4-5,8-9H,3,6-7H2,1H3,(H,16,18). The molecule has 1 amide bonds. The largest absolute Gasteiger partial charge is 0.497 e. The van der Waals surface area contributed by atoms with Gasteiger partial charge >= 0.3 is 0 Å². The Balaban J connectivity index is 1.80. The van der Waals surface area contributed by atoms with Crippen LogP contribution in [0.3, 0.4) is 0 Å². The van der Waals surface area contributed by atoms with Gasteiger partial charge in [0.2, 0.25) is 5.88 Å². The molecule has 0 atom stereocenters. The summed E-state index contributed by atoms with van der Waals surface area (Å²) in [6, 6.07) is 7.20. The van der Waals surface area contributed by atoms with Crippen molar-refractivity contribution in [2.75, 3.05) is 19.0 Å². The zero-order chi connectivity index (χ0) is 13.9. The predicted octanol–water partition coefficient (Wildman–Crippen LogP) is 1.93. The van der Waals surface area contributed by atoms with Crippen LogP contribution in [0.5, 0.6) is 11.6 Å². The molecule has 0 saturated heterocycles. The molecule has 0 fully saturated rings. The number of carbonyl (C=O) groups is 1. The van der Waals surface area contributed by atoms with Crippen LogP contribution in [0.1, 0.15) is 16.8 Å². The maximum Gasteiger partial charge on any atom is 0.262 e. The molecule has 0 radical (unpaired) electrons. The number of nitrogens with one attached hydrogen (secondary N) is 1. The zero-order valence-corrected chi connectivity index (χ0v) is 11.1. The summed E-state index contributed by atoms with van der Waals surface area (Å²) in [5, 5.41) is 6.98. The summed E-state index contributed by atoms with van der Waals surface area (Å²) in [6.45, 7) is 1.40. The lowest BCUT2D eigenvalue weighted by Gasteiger charge is -2.15. The zero-order valence-electron chi connectivity index (χ0n) is 11.1. The summed E-state index contributed by atoms with van der Waals surface area (Å²) in [5.74, 6) is 0.995. The van der Waals surface area contributed by atoms with Crippen LogP contribution in [0.15, 0.2) is 30.5 Å². The van der Waals surface area contributed by atoms with Crippen molar-refractivity contribution in [1.29, 1.82) is 0 Å². The number of hydrogen-bond donors (Lipinski definition) is 1. The Labute approximate surface area is 116 Å². The molecule has 0 aliphatic carbocycles. The molecule has 3 rings (SSSR count). The molecule has 20 heavy (non-hydrogen) atoms. The van der Waals surface area contributed by atoms with E-state index < -0.39 is 0 Å². The first-order valence-corrected chi connectivity index (χ1v) is 6.42. The molecule has 0 unspecified atom stereocenters. The average Bonchev–Trinajstić information content (AvgIpc) is 2.91. The van der Waals surface area contributed by atoms with Gasteiger partial charge in [0.1, 0.15) is 11.3 Å². The Morgan fingerprint density at radius 1 is 1.50 bits per heavy atom. The number of carbonyl (C=O) groups excluding carboxylic acids is 1. The number of amides is 1. The maximum atomic E-state index is 12.3. The minimum absolute atomic E-state index is 0.235. The average molecular weight is 273 g/mol. The number of anilines is 1. The van der Waals surface area contributed by atoms with Gasteiger partial charge in [0, 0.05) is 24.7 Å². The van der Waals surface area contributed by atoms with E-state index in [-0.39, 0.29) is 5.91 Å². The second-order valence-electron chi connectivity index (χ2n) is 4.47. The highest BCUT2D eigenvalue weighted by Crippen LogP contribution is 2.24. The van der Waals surface area contributed by atoms with Crippen LogP contribution in [-0.4, -0.2) is 29.4 Å². The first-order chi connectivity index (χ1) is 9.78. The number of ether oxygens (including phenoxy) is 2. The monoisotopic (exact) mass is 273 g/mol. The molecule has 6 heteroatoms. The molecule has 6 nitrogen and oxygen atoms in total. The number of hydrogen-bond acceptors (Lipinski definition) is 4. The summed E-state index contributed by atoms with van der Waals surface area (Å²) >= 11 is 0. The normalized spacial score (nSPS) is 13.2. The van der Waals surface area contributed by atoms with E-state index in [1.807, 2.05) is 12.1 Å². The molecular weight excluding hydrogens is 258 g/mol. The maximum absolute atomic E-state index is 12.3. The van der Waals surface area contributed by atoms with E-state index in [1.54, 1.807) is 23.9 Å². The molecule has 1 N–H and O–H groups in total. The van der Waals surface area contributed by atoms with Crippen LogP contribution < -0.4 is 14.8 Å². The van der Waals surface area contributed by atoms with Gasteiger partial charge in [-0.1, -0.05) is 6.07 Å². The lowest BCUT2D eigenvalue weighted by Crippen LogP contribution is -2.18. The summed E-state index contributed by atoms with van der Waals surface area (Å²) in [4.78, 5) is 12.3. The number of aryl methyl sites for hydroxylation is 1. The van der Waals surface area contributed by atoms with Crippen molar-refractivity contribution < 1.29 is 14.3 Å². The van der Waals surface area contributed by atoms with E-state index in [0.717, 1.165) is 13.0 Å². The lowest BCUT2D eigenvalue weighted by atomic mass is 10.2. The highest BCUT2D eigenvalue weighted by atomic mass is 16.5. The van der Waals surface area contributed by atoms with E-state index in [4.69, 9.17) is 9.47 Å². The van der Waals surface area contributed by atoms with Crippen LogP contribution in [-0.2, 0) is 6.54 Å². The summed E-state index contributed by atoms with van der Waals surface area (Å²) < 4.78 is 12.4. The molecule has 1 aliphatic rings. The fourth-order valence-corrected chi connectivity index (χ4v) is 2.12. The minimum atomic E-state index is -0.235. The number of fused-ring (bicyclic) bond motifs is 1. The van der Waals surface area contributed by atoms with Gasteiger partial charge in [0.05, 0.1) is 19.9 Å². The molecule has 1 aromatic heterocycles. The molecule has 104 valence electrons. The fourth-order valence-electron chi connectivity index (χ4n) is 2.12. The van der Waals surface area contributed by atoms with Crippen LogP contribution in [0, 0.1) is 0 Å². The van der Waals surface area contributed by atoms with E-state index in [0.29, 0.717) is 29.5 Å². The Bertz CT molecular complexity index is 636. The molecule has 0 saturated carbocycles. The minimum Gasteiger partial charge on any atom is -0.497 e. The van der Waals surface area contributed by atoms with Crippen molar-refractivity contribution in [3.8, 4) is 11.6 Å². The smallest absolute Gasteiger partial charge is 0.262 e. The highest BCUT2D eigenvalue weighted by Gasteiger charge is 2.21. The Morgan fingerprint density at radius 2 is 2.40 bits per heavy atom. The Morgan fingerprint density at radius 3 is 3.25 bits per heavy atom. The number of methoxy groups -OCH3 is 1. The summed E-state index contributed by atoms with van der Waals surface area (Å²) in [6.07, 6.45) is 2.45. The van der Waals surface area contributed by atoms with Gasteiger partial charge in [-0.05, 0) is 12.1 Å². The number of nitrogens with zero attached hydrogens (tertiary/aromatic N) is 2. The third-order valence-electron chi connectivity index (χ3n) is 3.12. The molecule has 2 heterocycles. The Hall–Kier alpha value is -2.50. The highest BCUT2D eigenvalue weighted by molar-refractivity contribution is 6.05. The predicted molar refractivity (Wildman–Crippen MR) is 73.3 cm³/mol. The van der Waals surface area contributed by atoms with Crippen molar-refractivity contribution in [1.82, 2.24) is 9.78 Å². The molecule has 0 spiro atoms. The van der Waals surface area contributed by atoms with Crippen molar-refractivity contribution in [3.05, 3.63) is 36.0 Å². The van der Waals surface area contributed by atoms with Crippen molar-refractivity contribution in [2.24, 2.45) is 0 Å². The van der Waals surface area contributed by atoms with Gasteiger partial charge in [-0.25, -0.2) is 4.68 Å². The number of rotatable bonds is 3.